The third-order valence-electron chi connectivity index (χ3n) is 3.30. The molecule has 1 fully saturated rings. The number of carboxylic acid groups (broad SMARTS) is 1. The Morgan fingerprint density at radius 2 is 2.10 bits per heavy atom. The fraction of sp³-hybridized carbons (Fsp3) is 0.385. The van der Waals surface area contributed by atoms with E-state index in [1.807, 2.05) is 0 Å². The molecule has 1 aliphatic carbocycles. The Bertz CT molecular complexity index is 597. The highest BCUT2D eigenvalue weighted by atomic mass is 16.6. The number of nitro benzene ring substituents is 1. The molecule has 0 spiro atoms. The van der Waals surface area contributed by atoms with Crippen LogP contribution in [0.25, 0.3) is 0 Å². The normalized spacial score (nSPS) is 13.7. The molecule has 8 nitrogen and oxygen atoms in total. The van der Waals surface area contributed by atoms with Crippen LogP contribution in [0.3, 0.4) is 0 Å². The van der Waals surface area contributed by atoms with Crippen molar-refractivity contribution in [2.75, 3.05) is 18.0 Å². The summed E-state index contributed by atoms with van der Waals surface area (Å²) in [5, 5.41) is 20.1. The SMILES string of the molecule is NC(=O)c1ccc(N(CC(=O)O)CC2CC2)c([N+](=O)[O-])c1. The first-order valence-electron chi connectivity index (χ1n) is 6.43. The molecule has 0 saturated heterocycles. The van der Waals surface area contributed by atoms with E-state index in [2.05, 4.69) is 0 Å². The molecule has 0 aromatic heterocycles. The molecule has 0 unspecified atom stereocenters. The molecule has 0 aliphatic heterocycles. The van der Waals surface area contributed by atoms with Crippen LogP contribution in [0.1, 0.15) is 23.2 Å². The molecule has 1 aliphatic rings. The number of carbonyl (C=O) groups is 2. The van der Waals surface area contributed by atoms with E-state index in [9.17, 15) is 19.7 Å². The predicted octanol–water partition coefficient (Wildman–Crippen LogP) is 0.995. The Hall–Kier alpha value is -2.64. The Labute approximate surface area is 120 Å². The number of rotatable bonds is 7. The van der Waals surface area contributed by atoms with Crippen molar-refractivity contribution in [2.45, 2.75) is 12.8 Å². The van der Waals surface area contributed by atoms with Crippen molar-refractivity contribution < 1.29 is 19.6 Å². The molecule has 0 heterocycles. The number of nitro groups is 1. The minimum absolute atomic E-state index is 0.0205. The molecule has 2 rings (SSSR count). The zero-order valence-corrected chi connectivity index (χ0v) is 11.2. The zero-order valence-electron chi connectivity index (χ0n) is 11.2. The Morgan fingerprint density at radius 3 is 2.57 bits per heavy atom. The highest BCUT2D eigenvalue weighted by molar-refractivity contribution is 5.94. The summed E-state index contributed by atoms with van der Waals surface area (Å²) < 4.78 is 0. The van der Waals surface area contributed by atoms with Gasteiger partial charge in [-0.05, 0) is 30.9 Å². The second kappa shape index (κ2) is 5.78. The van der Waals surface area contributed by atoms with Crippen LogP contribution < -0.4 is 10.6 Å². The molecule has 0 bridgehead atoms. The van der Waals surface area contributed by atoms with Gasteiger partial charge in [-0.25, -0.2) is 0 Å². The highest BCUT2D eigenvalue weighted by Crippen LogP contribution is 2.35. The number of carbonyl (C=O) groups excluding carboxylic acids is 1. The number of hydrogen-bond donors (Lipinski definition) is 2. The van der Waals surface area contributed by atoms with Crippen molar-refractivity contribution in [2.24, 2.45) is 11.7 Å². The lowest BCUT2D eigenvalue weighted by Gasteiger charge is -2.22. The summed E-state index contributed by atoms with van der Waals surface area (Å²) in [5.41, 5.74) is 5.01. The van der Waals surface area contributed by atoms with Crippen molar-refractivity contribution in [1.29, 1.82) is 0 Å². The largest absolute Gasteiger partial charge is 0.480 e. The van der Waals surface area contributed by atoms with E-state index in [0.717, 1.165) is 18.9 Å². The van der Waals surface area contributed by atoms with Crippen molar-refractivity contribution in [1.82, 2.24) is 0 Å². The number of hydrogen-bond acceptors (Lipinski definition) is 5. The number of benzene rings is 1. The van der Waals surface area contributed by atoms with Crippen LogP contribution in [0.2, 0.25) is 0 Å². The van der Waals surface area contributed by atoms with Crippen LogP contribution in [0.15, 0.2) is 18.2 Å². The molecule has 112 valence electrons. The van der Waals surface area contributed by atoms with Gasteiger partial charge in [0.2, 0.25) is 5.91 Å². The number of nitrogens with two attached hydrogens (primary N) is 1. The van der Waals surface area contributed by atoms with Gasteiger partial charge in [-0.2, -0.15) is 0 Å². The number of amides is 1. The molecule has 1 aromatic rings. The maximum atomic E-state index is 11.2. The summed E-state index contributed by atoms with van der Waals surface area (Å²) in [7, 11) is 0. The van der Waals surface area contributed by atoms with Gasteiger partial charge in [-0.1, -0.05) is 0 Å². The van der Waals surface area contributed by atoms with E-state index in [1.165, 1.54) is 17.0 Å². The van der Waals surface area contributed by atoms with Gasteiger partial charge in [0.25, 0.3) is 5.69 Å². The van der Waals surface area contributed by atoms with E-state index in [0.29, 0.717) is 12.5 Å². The van der Waals surface area contributed by atoms with Gasteiger partial charge >= 0.3 is 5.97 Å². The second-order valence-electron chi connectivity index (χ2n) is 5.04. The van der Waals surface area contributed by atoms with Crippen LogP contribution >= 0.6 is 0 Å². The average molecular weight is 293 g/mol. The molecular formula is C13H15N3O5. The lowest BCUT2D eigenvalue weighted by atomic mass is 10.1. The van der Waals surface area contributed by atoms with Gasteiger partial charge in [0.15, 0.2) is 0 Å². The maximum Gasteiger partial charge on any atom is 0.323 e. The van der Waals surface area contributed by atoms with E-state index >= 15 is 0 Å². The molecule has 1 aromatic carbocycles. The number of primary amides is 1. The molecule has 0 radical (unpaired) electrons. The Kier molecular flexibility index (Phi) is 4.06. The Morgan fingerprint density at radius 1 is 1.43 bits per heavy atom. The third kappa shape index (κ3) is 3.68. The van der Waals surface area contributed by atoms with Gasteiger partial charge in [0.1, 0.15) is 12.2 Å². The van der Waals surface area contributed by atoms with Gasteiger partial charge in [0, 0.05) is 18.2 Å². The molecule has 8 heteroatoms. The molecule has 3 N–H and O–H groups in total. The van der Waals surface area contributed by atoms with Gasteiger partial charge in [0.05, 0.1) is 4.92 Å². The molecule has 0 atom stereocenters. The van der Waals surface area contributed by atoms with Gasteiger partial charge in [-0.3, -0.25) is 19.7 Å². The van der Waals surface area contributed by atoms with Crippen molar-refractivity contribution in [3.63, 3.8) is 0 Å². The minimum Gasteiger partial charge on any atom is -0.480 e. The fourth-order valence-electron chi connectivity index (χ4n) is 2.11. The zero-order chi connectivity index (χ0) is 15.6. The summed E-state index contributed by atoms with van der Waals surface area (Å²) in [6, 6.07) is 3.83. The van der Waals surface area contributed by atoms with Crippen LogP contribution in [-0.2, 0) is 4.79 Å². The topological polar surface area (TPSA) is 127 Å². The van der Waals surface area contributed by atoms with Crippen molar-refractivity contribution in [3.8, 4) is 0 Å². The first kappa shape index (κ1) is 14.8. The summed E-state index contributed by atoms with van der Waals surface area (Å²) >= 11 is 0. The molecule has 21 heavy (non-hydrogen) atoms. The Balaban J connectivity index is 2.39. The first-order chi connectivity index (χ1) is 9.88. The quantitative estimate of drug-likeness (QED) is 0.570. The van der Waals surface area contributed by atoms with Crippen molar-refractivity contribution in [3.05, 3.63) is 33.9 Å². The molecular weight excluding hydrogens is 278 g/mol. The standard InChI is InChI=1S/C13H15N3O5/c14-13(19)9-3-4-10(11(5-9)16(20)21)15(7-12(17)18)6-8-1-2-8/h3-5,8H,1-2,6-7H2,(H2,14,19)(H,17,18). The summed E-state index contributed by atoms with van der Waals surface area (Å²) in [6.07, 6.45) is 1.98. The molecule has 1 saturated carbocycles. The predicted molar refractivity (Wildman–Crippen MR) is 74.2 cm³/mol. The van der Waals surface area contributed by atoms with Gasteiger partial charge < -0.3 is 15.7 Å². The number of carboxylic acids is 1. The summed E-state index contributed by atoms with van der Waals surface area (Å²) in [6.45, 7) is 0.121. The smallest absolute Gasteiger partial charge is 0.323 e. The van der Waals surface area contributed by atoms with E-state index < -0.39 is 16.8 Å². The van der Waals surface area contributed by atoms with Gasteiger partial charge in [-0.15, -0.1) is 0 Å². The fourth-order valence-corrected chi connectivity index (χ4v) is 2.11. The van der Waals surface area contributed by atoms with Crippen molar-refractivity contribution >= 4 is 23.3 Å². The lowest BCUT2D eigenvalue weighted by Crippen LogP contribution is -2.32. The van der Waals surface area contributed by atoms with Crippen LogP contribution in [0.4, 0.5) is 11.4 Å². The molecule has 1 amide bonds. The highest BCUT2D eigenvalue weighted by Gasteiger charge is 2.29. The van der Waals surface area contributed by atoms with Crippen LogP contribution in [0, 0.1) is 16.0 Å². The monoisotopic (exact) mass is 293 g/mol. The second-order valence-corrected chi connectivity index (χ2v) is 5.04. The number of anilines is 1. The number of nitrogens with zero attached hydrogens (tertiary/aromatic N) is 2. The van der Waals surface area contributed by atoms with E-state index in [1.54, 1.807) is 0 Å². The third-order valence-corrected chi connectivity index (χ3v) is 3.30. The summed E-state index contributed by atoms with van der Waals surface area (Å²) in [5.74, 6) is -1.47. The van der Waals surface area contributed by atoms with Crippen LogP contribution in [-0.4, -0.2) is 35.0 Å². The maximum absolute atomic E-state index is 11.2. The lowest BCUT2D eigenvalue weighted by molar-refractivity contribution is -0.384. The average Bonchev–Trinajstić information content (AvgIpc) is 3.20. The first-order valence-corrected chi connectivity index (χ1v) is 6.43. The number of aliphatic carboxylic acids is 1. The van der Waals surface area contributed by atoms with E-state index in [-0.39, 0.29) is 23.5 Å². The van der Waals surface area contributed by atoms with Crippen LogP contribution in [0.5, 0.6) is 0 Å². The summed E-state index contributed by atoms with van der Waals surface area (Å²) in [4.78, 5) is 34.1. The van der Waals surface area contributed by atoms with E-state index in [4.69, 9.17) is 10.8 Å². The minimum atomic E-state index is -1.07.